The van der Waals surface area contributed by atoms with E-state index in [0.29, 0.717) is 50.5 Å². The fraction of sp³-hybridized carbons (Fsp3) is 0.333. The molecule has 2 aromatic rings. The molecule has 2 aromatic carbocycles. The van der Waals surface area contributed by atoms with Crippen LogP contribution >= 0.6 is 0 Å². The van der Waals surface area contributed by atoms with E-state index < -0.39 is 0 Å². The highest BCUT2D eigenvalue weighted by Crippen LogP contribution is 2.20. The molecule has 1 aliphatic heterocycles. The molecular formula is C21H25N3O4. The summed E-state index contributed by atoms with van der Waals surface area (Å²) in [6, 6.07) is 16.6. The highest BCUT2D eigenvalue weighted by Gasteiger charge is 2.27. The van der Waals surface area contributed by atoms with Crippen LogP contribution in [0.15, 0.2) is 54.6 Å². The first-order valence-electron chi connectivity index (χ1n) is 9.38. The van der Waals surface area contributed by atoms with Gasteiger partial charge in [-0.05, 0) is 49.2 Å². The van der Waals surface area contributed by atoms with Crippen LogP contribution in [-0.4, -0.2) is 43.0 Å². The predicted octanol–water partition coefficient (Wildman–Crippen LogP) is 1.99. The number of hydrogen-bond acceptors (Lipinski definition) is 5. The van der Waals surface area contributed by atoms with Gasteiger partial charge in [0.2, 0.25) is 5.91 Å². The van der Waals surface area contributed by atoms with Crippen LogP contribution in [-0.2, 0) is 4.79 Å². The van der Waals surface area contributed by atoms with Gasteiger partial charge in [0, 0.05) is 24.6 Å². The molecule has 0 spiro atoms. The maximum atomic E-state index is 12.6. The van der Waals surface area contributed by atoms with Crippen LogP contribution in [0.25, 0.3) is 0 Å². The van der Waals surface area contributed by atoms with E-state index in [0.717, 1.165) is 5.75 Å². The maximum absolute atomic E-state index is 12.6. The lowest BCUT2D eigenvalue weighted by Crippen LogP contribution is -2.44. The average molecular weight is 383 g/mol. The molecule has 3 N–H and O–H groups in total. The number of nitrogens with zero attached hydrogens (tertiary/aromatic N) is 1. The van der Waals surface area contributed by atoms with Crippen molar-refractivity contribution >= 4 is 11.8 Å². The van der Waals surface area contributed by atoms with Crippen molar-refractivity contribution in [3.8, 4) is 11.5 Å². The molecule has 1 fully saturated rings. The summed E-state index contributed by atoms with van der Waals surface area (Å²) in [5, 5.41) is 0. The lowest BCUT2D eigenvalue weighted by atomic mass is 9.95. The molecule has 0 radical (unpaired) electrons. The third-order valence-electron chi connectivity index (χ3n) is 4.76. The molecule has 1 aliphatic rings. The minimum atomic E-state index is -0.162. The summed E-state index contributed by atoms with van der Waals surface area (Å²) in [6.07, 6.45) is 1.24. The molecule has 3 rings (SSSR count). The summed E-state index contributed by atoms with van der Waals surface area (Å²) < 4.78 is 11.2. The standard InChI is InChI=1S/C21H25N3O4/c22-23-20(25)16-10-12-24(13-11-16)21(26)17-6-8-19(9-7-17)28-15-14-27-18-4-2-1-3-5-18/h1-9,16H,10-15,22H2,(H,23,25). The first kappa shape index (κ1) is 19.7. The molecule has 148 valence electrons. The Bertz CT molecular complexity index is 772. The summed E-state index contributed by atoms with van der Waals surface area (Å²) in [6.45, 7) is 1.95. The number of likely N-dealkylation sites (tertiary alicyclic amines) is 1. The third kappa shape index (κ3) is 5.23. The Balaban J connectivity index is 1.43. The van der Waals surface area contributed by atoms with Crippen molar-refractivity contribution < 1.29 is 19.1 Å². The molecule has 1 saturated heterocycles. The van der Waals surface area contributed by atoms with Crippen molar-refractivity contribution in [2.45, 2.75) is 12.8 Å². The van der Waals surface area contributed by atoms with Gasteiger partial charge in [0.15, 0.2) is 0 Å². The van der Waals surface area contributed by atoms with Gasteiger partial charge in [0.1, 0.15) is 24.7 Å². The van der Waals surface area contributed by atoms with Crippen LogP contribution in [0.1, 0.15) is 23.2 Å². The molecule has 0 aromatic heterocycles. The predicted molar refractivity (Wildman–Crippen MR) is 105 cm³/mol. The van der Waals surface area contributed by atoms with Crippen molar-refractivity contribution in [1.29, 1.82) is 0 Å². The lowest BCUT2D eigenvalue weighted by molar-refractivity contribution is -0.126. The molecule has 0 unspecified atom stereocenters. The zero-order chi connectivity index (χ0) is 19.8. The van der Waals surface area contributed by atoms with Gasteiger partial charge < -0.3 is 14.4 Å². The summed E-state index contributed by atoms with van der Waals surface area (Å²) in [7, 11) is 0. The normalized spacial score (nSPS) is 14.4. The van der Waals surface area contributed by atoms with E-state index >= 15 is 0 Å². The van der Waals surface area contributed by atoms with E-state index in [1.165, 1.54) is 0 Å². The minimum Gasteiger partial charge on any atom is -0.490 e. The Hall–Kier alpha value is -3.06. The van der Waals surface area contributed by atoms with Crippen LogP contribution in [0, 0.1) is 5.92 Å². The number of hydrogen-bond donors (Lipinski definition) is 2. The van der Waals surface area contributed by atoms with E-state index in [4.69, 9.17) is 15.3 Å². The number of piperidine rings is 1. The van der Waals surface area contributed by atoms with E-state index in [-0.39, 0.29) is 17.7 Å². The van der Waals surface area contributed by atoms with Crippen LogP contribution in [0.5, 0.6) is 11.5 Å². The van der Waals surface area contributed by atoms with Gasteiger partial charge in [-0.3, -0.25) is 15.0 Å². The number of nitrogens with two attached hydrogens (primary N) is 1. The number of carbonyl (C=O) groups excluding carboxylic acids is 2. The van der Waals surface area contributed by atoms with E-state index in [1.54, 1.807) is 29.2 Å². The molecule has 0 bridgehead atoms. The second-order valence-electron chi connectivity index (χ2n) is 6.61. The van der Waals surface area contributed by atoms with Gasteiger partial charge >= 0.3 is 0 Å². The zero-order valence-electron chi connectivity index (χ0n) is 15.7. The molecule has 0 atom stereocenters. The topological polar surface area (TPSA) is 93.9 Å². The van der Waals surface area contributed by atoms with Gasteiger partial charge in [-0.2, -0.15) is 0 Å². The molecule has 1 heterocycles. The quantitative estimate of drug-likeness (QED) is 0.330. The second kappa shape index (κ2) is 9.75. The van der Waals surface area contributed by atoms with Gasteiger partial charge in [-0.15, -0.1) is 0 Å². The molecule has 7 nitrogen and oxygen atoms in total. The monoisotopic (exact) mass is 383 g/mol. The Kier molecular flexibility index (Phi) is 6.86. The van der Waals surface area contributed by atoms with Crippen molar-refractivity contribution in [2.24, 2.45) is 11.8 Å². The average Bonchev–Trinajstić information content (AvgIpc) is 2.77. The van der Waals surface area contributed by atoms with Gasteiger partial charge in [-0.25, -0.2) is 5.84 Å². The van der Waals surface area contributed by atoms with Crippen molar-refractivity contribution in [1.82, 2.24) is 10.3 Å². The first-order valence-corrected chi connectivity index (χ1v) is 9.38. The number of hydrazine groups is 1. The highest BCUT2D eigenvalue weighted by atomic mass is 16.5. The fourth-order valence-electron chi connectivity index (χ4n) is 3.17. The van der Waals surface area contributed by atoms with E-state index in [1.807, 2.05) is 30.3 Å². The van der Waals surface area contributed by atoms with Crippen molar-refractivity contribution in [3.05, 3.63) is 60.2 Å². The van der Waals surface area contributed by atoms with E-state index in [9.17, 15) is 9.59 Å². The number of rotatable bonds is 7. The summed E-state index contributed by atoms with van der Waals surface area (Å²) in [4.78, 5) is 26.0. The van der Waals surface area contributed by atoms with Gasteiger partial charge in [0.05, 0.1) is 0 Å². The second-order valence-corrected chi connectivity index (χ2v) is 6.61. The number of ether oxygens (including phenoxy) is 2. The lowest BCUT2D eigenvalue weighted by Gasteiger charge is -2.31. The Morgan fingerprint density at radius 1 is 0.929 bits per heavy atom. The van der Waals surface area contributed by atoms with Crippen molar-refractivity contribution in [2.75, 3.05) is 26.3 Å². The van der Waals surface area contributed by atoms with Crippen molar-refractivity contribution in [3.63, 3.8) is 0 Å². The molecule has 0 aliphatic carbocycles. The first-order chi connectivity index (χ1) is 13.7. The van der Waals surface area contributed by atoms with Crippen LogP contribution < -0.4 is 20.7 Å². The SMILES string of the molecule is NNC(=O)C1CCN(C(=O)c2ccc(OCCOc3ccccc3)cc2)CC1. The van der Waals surface area contributed by atoms with Crippen LogP contribution in [0.3, 0.4) is 0 Å². The summed E-state index contributed by atoms with van der Waals surface area (Å²) in [5.74, 6) is 6.35. The number of benzene rings is 2. The molecule has 7 heteroatoms. The number of amides is 2. The minimum absolute atomic E-state index is 0.0365. The van der Waals surface area contributed by atoms with Crippen LogP contribution in [0.4, 0.5) is 0 Å². The highest BCUT2D eigenvalue weighted by molar-refractivity contribution is 5.94. The Morgan fingerprint density at radius 2 is 1.50 bits per heavy atom. The van der Waals surface area contributed by atoms with Gasteiger partial charge in [0.25, 0.3) is 5.91 Å². The summed E-state index contributed by atoms with van der Waals surface area (Å²) in [5.41, 5.74) is 2.79. The number of nitrogens with one attached hydrogen (secondary N) is 1. The largest absolute Gasteiger partial charge is 0.490 e. The maximum Gasteiger partial charge on any atom is 0.253 e. The molecule has 2 amide bonds. The molecule has 0 saturated carbocycles. The van der Waals surface area contributed by atoms with Gasteiger partial charge in [-0.1, -0.05) is 18.2 Å². The fourth-order valence-corrected chi connectivity index (χ4v) is 3.17. The number of carbonyl (C=O) groups is 2. The zero-order valence-corrected chi connectivity index (χ0v) is 15.7. The third-order valence-corrected chi connectivity index (χ3v) is 4.76. The molecular weight excluding hydrogens is 358 g/mol. The summed E-state index contributed by atoms with van der Waals surface area (Å²) >= 11 is 0. The molecule has 28 heavy (non-hydrogen) atoms. The smallest absolute Gasteiger partial charge is 0.253 e. The van der Waals surface area contributed by atoms with Crippen LogP contribution in [0.2, 0.25) is 0 Å². The Morgan fingerprint density at radius 3 is 2.07 bits per heavy atom. The van der Waals surface area contributed by atoms with E-state index in [2.05, 4.69) is 5.43 Å². The Labute approximate surface area is 164 Å². The number of para-hydroxylation sites is 1.